The highest BCUT2D eigenvalue weighted by atomic mass is 31.1. The molecule has 4 rings (SSSR count). The van der Waals surface area contributed by atoms with Gasteiger partial charge < -0.3 is 0 Å². The first-order chi connectivity index (χ1) is 13.8. The van der Waals surface area contributed by atoms with Gasteiger partial charge in [0.2, 0.25) is 0 Å². The van der Waals surface area contributed by atoms with Crippen LogP contribution in [0, 0.1) is 5.92 Å². The molecule has 0 aliphatic heterocycles. The Bertz CT molecular complexity index is 795. The number of hydrogen-bond acceptors (Lipinski definition) is 1. The summed E-state index contributed by atoms with van der Waals surface area (Å²) >= 11 is 0. The van der Waals surface area contributed by atoms with Gasteiger partial charge in [0.15, 0.2) is 0 Å². The predicted molar refractivity (Wildman–Crippen MR) is 123 cm³/mol. The van der Waals surface area contributed by atoms with E-state index in [9.17, 15) is 0 Å². The number of hydrogen-bond donors (Lipinski definition) is 0. The largest absolute Gasteiger partial charge is 0.275 e. The van der Waals surface area contributed by atoms with E-state index in [2.05, 4.69) is 103 Å². The number of nitrogens with zero attached hydrogens (tertiary/aromatic N) is 1. The Balaban J connectivity index is 1.63. The van der Waals surface area contributed by atoms with Gasteiger partial charge in [-0.25, -0.2) is 0 Å². The minimum Gasteiger partial charge on any atom is -0.275 e. The highest BCUT2D eigenvalue weighted by Gasteiger charge is 2.33. The molecule has 0 amide bonds. The van der Waals surface area contributed by atoms with Gasteiger partial charge in [-0.2, -0.15) is 0 Å². The average molecular weight is 388 g/mol. The van der Waals surface area contributed by atoms with E-state index >= 15 is 0 Å². The highest BCUT2D eigenvalue weighted by molar-refractivity contribution is 7.70. The smallest absolute Gasteiger partial charge is 0.0281 e. The van der Waals surface area contributed by atoms with Crippen molar-refractivity contribution in [3.63, 3.8) is 0 Å². The molecule has 1 fully saturated rings. The molecule has 3 aromatic rings. The maximum Gasteiger partial charge on any atom is 0.0281 e. The van der Waals surface area contributed by atoms with Gasteiger partial charge in [-0.05, 0) is 48.4 Å². The Morgan fingerprint density at radius 1 is 0.714 bits per heavy atom. The predicted octanol–water partition coefficient (Wildman–Crippen LogP) is 5.77. The summed E-state index contributed by atoms with van der Waals surface area (Å²) < 4.78 is 2.73. The third-order valence-electron chi connectivity index (χ3n) is 6.01. The van der Waals surface area contributed by atoms with E-state index in [1.165, 1.54) is 48.3 Å². The molecule has 0 unspecified atom stereocenters. The summed E-state index contributed by atoms with van der Waals surface area (Å²) in [6.45, 7) is 0. The zero-order valence-corrected chi connectivity index (χ0v) is 17.6. The summed E-state index contributed by atoms with van der Waals surface area (Å²) in [4.78, 5) is 0. The molecule has 0 saturated heterocycles. The molecule has 0 radical (unpaired) electrons. The SMILES string of the molecule is CN([C@H]1CCCC[C@@H]1Cc1ccccc1)P(c1ccccc1)c1ccccc1. The second-order valence-electron chi connectivity index (χ2n) is 7.86. The van der Waals surface area contributed by atoms with Gasteiger partial charge in [-0.1, -0.05) is 104 Å². The van der Waals surface area contributed by atoms with E-state index in [0.717, 1.165) is 5.92 Å². The van der Waals surface area contributed by atoms with Gasteiger partial charge in [0.1, 0.15) is 0 Å². The van der Waals surface area contributed by atoms with Gasteiger partial charge in [0.25, 0.3) is 0 Å². The lowest BCUT2D eigenvalue weighted by molar-refractivity contribution is 0.206. The van der Waals surface area contributed by atoms with Crippen molar-refractivity contribution >= 4 is 18.7 Å². The van der Waals surface area contributed by atoms with Crippen LogP contribution in [0.5, 0.6) is 0 Å². The Kier molecular flexibility index (Phi) is 6.57. The van der Waals surface area contributed by atoms with E-state index in [-0.39, 0.29) is 0 Å². The molecule has 1 nitrogen and oxygen atoms in total. The molecule has 1 aliphatic rings. The summed E-state index contributed by atoms with van der Waals surface area (Å²) in [5.41, 5.74) is 1.48. The summed E-state index contributed by atoms with van der Waals surface area (Å²) in [6.07, 6.45) is 6.58. The molecule has 144 valence electrons. The van der Waals surface area contributed by atoms with Crippen LogP contribution >= 0.6 is 8.07 Å². The Hall–Kier alpha value is -1.95. The Labute approximate surface area is 171 Å². The van der Waals surface area contributed by atoms with Gasteiger partial charge in [-0.3, -0.25) is 4.67 Å². The lowest BCUT2D eigenvalue weighted by Crippen LogP contribution is -2.41. The summed E-state index contributed by atoms with van der Waals surface area (Å²) in [7, 11) is 1.87. The molecule has 1 aliphatic carbocycles. The van der Waals surface area contributed by atoms with Crippen LogP contribution in [0.3, 0.4) is 0 Å². The zero-order chi connectivity index (χ0) is 19.2. The normalized spacial score (nSPS) is 19.8. The third kappa shape index (κ3) is 4.54. The van der Waals surface area contributed by atoms with Crippen LogP contribution in [0.2, 0.25) is 0 Å². The van der Waals surface area contributed by atoms with Crippen molar-refractivity contribution in [2.45, 2.75) is 38.1 Å². The monoisotopic (exact) mass is 387 g/mol. The maximum atomic E-state index is 2.73. The lowest BCUT2D eigenvalue weighted by atomic mass is 9.81. The maximum absolute atomic E-state index is 2.73. The molecule has 1 saturated carbocycles. The number of benzene rings is 3. The summed E-state index contributed by atoms with van der Waals surface area (Å²) in [5, 5.41) is 2.91. The quantitative estimate of drug-likeness (QED) is 0.486. The van der Waals surface area contributed by atoms with Gasteiger partial charge in [0.05, 0.1) is 0 Å². The van der Waals surface area contributed by atoms with Crippen LogP contribution in [0.4, 0.5) is 0 Å². The van der Waals surface area contributed by atoms with Gasteiger partial charge in [0, 0.05) is 14.1 Å². The molecule has 3 aromatic carbocycles. The molecular weight excluding hydrogens is 357 g/mol. The molecule has 0 heterocycles. The van der Waals surface area contributed by atoms with Crippen LogP contribution in [0.15, 0.2) is 91.0 Å². The average Bonchev–Trinajstić information content (AvgIpc) is 2.76. The zero-order valence-electron chi connectivity index (χ0n) is 16.7. The van der Waals surface area contributed by atoms with E-state index < -0.39 is 8.07 Å². The second-order valence-corrected chi connectivity index (χ2v) is 10.1. The van der Waals surface area contributed by atoms with Crippen LogP contribution in [-0.4, -0.2) is 17.8 Å². The first-order valence-electron chi connectivity index (χ1n) is 10.5. The minimum absolute atomic E-state index is 0.503. The fourth-order valence-corrected chi connectivity index (χ4v) is 7.17. The van der Waals surface area contributed by atoms with Crippen molar-refractivity contribution in [3.05, 3.63) is 96.6 Å². The molecule has 28 heavy (non-hydrogen) atoms. The fraction of sp³-hybridized carbons (Fsp3) is 0.308. The minimum atomic E-state index is -0.503. The lowest BCUT2D eigenvalue weighted by Gasteiger charge is -2.42. The van der Waals surface area contributed by atoms with Crippen LogP contribution < -0.4 is 10.6 Å². The molecule has 0 spiro atoms. The standard InChI is InChI=1S/C26H30NP/c1-27(26-20-12-11-15-23(26)21-22-13-5-2-6-14-22)28(24-16-7-3-8-17-24)25-18-9-4-10-19-25/h2-10,13-14,16-19,23,26H,11-12,15,20-21H2,1H3/t23-,26+/m1/s1. The third-order valence-corrected chi connectivity index (χ3v) is 8.51. The van der Waals surface area contributed by atoms with E-state index in [4.69, 9.17) is 0 Å². The van der Waals surface area contributed by atoms with Crippen LogP contribution in [0.25, 0.3) is 0 Å². The van der Waals surface area contributed by atoms with Crippen molar-refractivity contribution in [1.29, 1.82) is 0 Å². The topological polar surface area (TPSA) is 3.24 Å². The fourth-order valence-electron chi connectivity index (χ4n) is 4.64. The van der Waals surface area contributed by atoms with E-state index in [0.29, 0.717) is 6.04 Å². The highest BCUT2D eigenvalue weighted by Crippen LogP contribution is 2.44. The molecule has 0 aromatic heterocycles. The van der Waals surface area contributed by atoms with E-state index in [1.807, 2.05) is 0 Å². The molecule has 0 N–H and O–H groups in total. The van der Waals surface area contributed by atoms with Crippen molar-refractivity contribution in [3.8, 4) is 0 Å². The summed E-state index contributed by atoms with van der Waals surface area (Å²) in [5.74, 6) is 0.735. The van der Waals surface area contributed by atoms with Crippen molar-refractivity contribution < 1.29 is 0 Å². The Morgan fingerprint density at radius 3 is 1.79 bits per heavy atom. The van der Waals surface area contributed by atoms with Gasteiger partial charge >= 0.3 is 0 Å². The van der Waals surface area contributed by atoms with Crippen LogP contribution in [0.1, 0.15) is 31.2 Å². The van der Waals surface area contributed by atoms with Crippen molar-refractivity contribution in [1.82, 2.24) is 4.67 Å². The second kappa shape index (κ2) is 9.50. The van der Waals surface area contributed by atoms with Gasteiger partial charge in [-0.15, -0.1) is 0 Å². The van der Waals surface area contributed by atoms with Crippen molar-refractivity contribution in [2.24, 2.45) is 5.92 Å². The summed E-state index contributed by atoms with van der Waals surface area (Å²) in [6, 6.07) is 33.9. The molecule has 0 bridgehead atoms. The number of rotatable bonds is 6. The first-order valence-corrected chi connectivity index (χ1v) is 11.8. The van der Waals surface area contributed by atoms with Crippen molar-refractivity contribution in [2.75, 3.05) is 7.05 Å². The van der Waals surface area contributed by atoms with Crippen LogP contribution in [-0.2, 0) is 6.42 Å². The first kappa shape index (κ1) is 19.4. The van der Waals surface area contributed by atoms with E-state index in [1.54, 1.807) is 0 Å². The Morgan fingerprint density at radius 2 is 1.21 bits per heavy atom. The molecule has 2 atom stereocenters. The molecule has 2 heteroatoms. The molecular formula is C26H30NP.